The summed E-state index contributed by atoms with van der Waals surface area (Å²) < 4.78 is 4.60. The molecule has 0 atom stereocenters. The Balaban J connectivity index is 1.96. The summed E-state index contributed by atoms with van der Waals surface area (Å²) in [6, 6.07) is 12.9. The lowest BCUT2D eigenvalue weighted by atomic mass is 10.1. The van der Waals surface area contributed by atoms with E-state index in [2.05, 4.69) is 10.1 Å². The fourth-order valence-corrected chi connectivity index (χ4v) is 1.81. The van der Waals surface area contributed by atoms with Crippen LogP contribution >= 0.6 is 0 Å². The van der Waals surface area contributed by atoms with Gasteiger partial charge in [-0.05, 0) is 42.0 Å². The molecule has 2 rings (SSSR count). The number of carbonyl (C=O) groups excluding carboxylic acids is 2. The number of carbonyl (C=O) groups is 2. The number of methoxy groups -OCH3 is 1. The normalized spacial score (nSPS) is 9.95. The molecule has 0 bridgehead atoms. The van der Waals surface area contributed by atoms with Crippen molar-refractivity contribution in [1.82, 2.24) is 0 Å². The van der Waals surface area contributed by atoms with Gasteiger partial charge in [0, 0.05) is 5.69 Å². The Bertz CT molecular complexity index is 632. The highest BCUT2D eigenvalue weighted by molar-refractivity contribution is 5.93. The van der Waals surface area contributed by atoms with Gasteiger partial charge < -0.3 is 15.2 Å². The molecule has 0 unspecified atom stereocenters. The topological polar surface area (TPSA) is 75.6 Å². The van der Waals surface area contributed by atoms with E-state index in [0.29, 0.717) is 11.3 Å². The number of aromatic hydroxyl groups is 1. The van der Waals surface area contributed by atoms with Gasteiger partial charge in [-0.15, -0.1) is 0 Å². The molecule has 0 saturated carbocycles. The number of nitrogens with one attached hydrogen (secondary N) is 1. The molecule has 108 valence electrons. The van der Waals surface area contributed by atoms with Crippen LogP contribution in [0.25, 0.3) is 0 Å². The van der Waals surface area contributed by atoms with Gasteiger partial charge in [0.25, 0.3) is 0 Å². The van der Waals surface area contributed by atoms with Crippen molar-refractivity contribution in [2.45, 2.75) is 6.42 Å². The second-order valence-corrected chi connectivity index (χ2v) is 4.46. The summed E-state index contributed by atoms with van der Waals surface area (Å²) in [5.41, 5.74) is 1.83. The van der Waals surface area contributed by atoms with Gasteiger partial charge in [-0.25, -0.2) is 4.79 Å². The van der Waals surface area contributed by atoms with E-state index in [1.165, 1.54) is 19.2 Å². The second kappa shape index (κ2) is 6.56. The quantitative estimate of drug-likeness (QED) is 0.846. The van der Waals surface area contributed by atoms with Gasteiger partial charge in [0.15, 0.2) is 0 Å². The third-order valence-corrected chi connectivity index (χ3v) is 2.89. The molecule has 0 saturated heterocycles. The lowest BCUT2D eigenvalue weighted by molar-refractivity contribution is -0.115. The van der Waals surface area contributed by atoms with Crippen LogP contribution in [0.5, 0.6) is 5.75 Å². The maximum atomic E-state index is 11.9. The Morgan fingerprint density at radius 1 is 1.05 bits per heavy atom. The first-order valence-corrected chi connectivity index (χ1v) is 6.34. The highest BCUT2D eigenvalue weighted by atomic mass is 16.5. The lowest BCUT2D eigenvalue weighted by Gasteiger charge is -2.06. The molecule has 0 radical (unpaired) electrons. The van der Waals surface area contributed by atoms with E-state index in [4.69, 9.17) is 0 Å². The van der Waals surface area contributed by atoms with Crippen LogP contribution in [0.1, 0.15) is 15.9 Å². The number of phenols is 1. The highest BCUT2D eigenvalue weighted by Gasteiger charge is 2.07. The SMILES string of the molecule is COC(=O)c1ccc(NC(=O)Cc2ccc(O)cc2)cc1. The molecule has 2 aromatic rings. The van der Waals surface area contributed by atoms with Crippen LogP contribution in [0.2, 0.25) is 0 Å². The molecule has 0 aliphatic heterocycles. The van der Waals surface area contributed by atoms with Gasteiger partial charge in [0.2, 0.25) is 5.91 Å². The zero-order chi connectivity index (χ0) is 15.2. The molecule has 0 aromatic heterocycles. The smallest absolute Gasteiger partial charge is 0.337 e. The van der Waals surface area contributed by atoms with Crippen molar-refractivity contribution in [3.63, 3.8) is 0 Å². The minimum atomic E-state index is -0.419. The summed E-state index contributed by atoms with van der Waals surface area (Å²) in [5, 5.41) is 11.9. The monoisotopic (exact) mass is 285 g/mol. The van der Waals surface area contributed by atoms with E-state index in [1.807, 2.05) is 0 Å². The first-order valence-electron chi connectivity index (χ1n) is 6.34. The van der Waals surface area contributed by atoms with Crippen molar-refractivity contribution >= 4 is 17.6 Å². The number of esters is 1. The predicted molar refractivity (Wildman–Crippen MR) is 78.2 cm³/mol. The Labute approximate surface area is 122 Å². The van der Waals surface area contributed by atoms with Crippen molar-refractivity contribution in [3.05, 3.63) is 59.7 Å². The zero-order valence-electron chi connectivity index (χ0n) is 11.5. The van der Waals surface area contributed by atoms with Crippen molar-refractivity contribution < 1.29 is 19.4 Å². The number of anilines is 1. The fourth-order valence-electron chi connectivity index (χ4n) is 1.81. The summed E-state index contributed by atoms with van der Waals surface area (Å²) in [5.74, 6) is -0.430. The van der Waals surface area contributed by atoms with Gasteiger partial charge >= 0.3 is 5.97 Å². The van der Waals surface area contributed by atoms with Crippen LogP contribution in [-0.2, 0) is 16.0 Å². The van der Waals surface area contributed by atoms with Crippen LogP contribution in [-0.4, -0.2) is 24.1 Å². The van der Waals surface area contributed by atoms with Crippen molar-refractivity contribution in [2.75, 3.05) is 12.4 Å². The fraction of sp³-hybridized carbons (Fsp3) is 0.125. The molecule has 2 N–H and O–H groups in total. The Hall–Kier alpha value is -2.82. The molecular formula is C16H15NO4. The number of rotatable bonds is 4. The molecule has 0 aliphatic carbocycles. The molecule has 2 aromatic carbocycles. The van der Waals surface area contributed by atoms with E-state index in [-0.39, 0.29) is 18.1 Å². The summed E-state index contributed by atoms with van der Waals surface area (Å²) in [6.07, 6.45) is 0.207. The third-order valence-electron chi connectivity index (χ3n) is 2.89. The third kappa shape index (κ3) is 4.07. The molecule has 0 spiro atoms. The Morgan fingerprint density at radius 2 is 1.67 bits per heavy atom. The minimum absolute atomic E-state index is 0.164. The van der Waals surface area contributed by atoms with Crippen LogP contribution < -0.4 is 5.32 Å². The molecule has 0 aliphatic rings. The van der Waals surface area contributed by atoms with E-state index in [1.54, 1.807) is 36.4 Å². The van der Waals surface area contributed by atoms with E-state index >= 15 is 0 Å². The van der Waals surface area contributed by atoms with Gasteiger partial charge in [0.1, 0.15) is 5.75 Å². The largest absolute Gasteiger partial charge is 0.508 e. The predicted octanol–water partition coefficient (Wildman–Crippen LogP) is 2.36. The first-order chi connectivity index (χ1) is 10.1. The Kier molecular flexibility index (Phi) is 4.56. The Morgan fingerprint density at radius 3 is 2.24 bits per heavy atom. The van der Waals surface area contributed by atoms with E-state index in [0.717, 1.165) is 5.56 Å². The van der Waals surface area contributed by atoms with Crippen molar-refractivity contribution in [2.24, 2.45) is 0 Å². The summed E-state index contributed by atoms with van der Waals surface area (Å²) in [6.45, 7) is 0. The molecule has 0 heterocycles. The second-order valence-electron chi connectivity index (χ2n) is 4.46. The molecule has 5 nitrogen and oxygen atoms in total. The summed E-state index contributed by atoms with van der Waals surface area (Å²) >= 11 is 0. The maximum absolute atomic E-state index is 11.9. The van der Waals surface area contributed by atoms with Gasteiger partial charge in [-0.2, -0.15) is 0 Å². The van der Waals surface area contributed by atoms with Crippen LogP contribution in [0.15, 0.2) is 48.5 Å². The number of phenolic OH excluding ortho intramolecular Hbond substituents is 1. The van der Waals surface area contributed by atoms with Crippen LogP contribution in [0.3, 0.4) is 0 Å². The highest BCUT2D eigenvalue weighted by Crippen LogP contribution is 2.13. The van der Waals surface area contributed by atoms with E-state index in [9.17, 15) is 14.7 Å². The number of hydrogen-bond donors (Lipinski definition) is 2. The molecule has 0 fully saturated rings. The zero-order valence-corrected chi connectivity index (χ0v) is 11.5. The van der Waals surface area contributed by atoms with Gasteiger partial charge in [0.05, 0.1) is 19.1 Å². The summed E-state index contributed by atoms with van der Waals surface area (Å²) in [7, 11) is 1.32. The van der Waals surface area contributed by atoms with Crippen molar-refractivity contribution in [3.8, 4) is 5.75 Å². The van der Waals surface area contributed by atoms with E-state index < -0.39 is 5.97 Å². The molecule has 1 amide bonds. The van der Waals surface area contributed by atoms with Crippen molar-refractivity contribution in [1.29, 1.82) is 0 Å². The van der Waals surface area contributed by atoms with Crippen LogP contribution in [0, 0.1) is 0 Å². The molecule has 5 heteroatoms. The molecule has 21 heavy (non-hydrogen) atoms. The number of ether oxygens (including phenoxy) is 1. The van der Waals surface area contributed by atoms with Gasteiger partial charge in [-0.1, -0.05) is 12.1 Å². The lowest BCUT2D eigenvalue weighted by Crippen LogP contribution is -2.14. The average molecular weight is 285 g/mol. The van der Waals surface area contributed by atoms with Gasteiger partial charge in [-0.3, -0.25) is 4.79 Å². The number of hydrogen-bond acceptors (Lipinski definition) is 4. The number of benzene rings is 2. The minimum Gasteiger partial charge on any atom is -0.508 e. The summed E-state index contributed by atoms with van der Waals surface area (Å²) in [4.78, 5) is 23.2. The van der Waals surface area contributed by atoms with Crippen LogP contribution in [0.4, 0.5) is 5.69 Å². The first kappa shape index (κ1) is 14.6. The average Bonchev–Trinajstić information content (AvgIpc) is 2.49. The maximum Gasteiger partial charge on any atom is 0.337 e. The molecular weight excluding hydrogens is 270 g/mol. The number of amides is 1. The standard InChI is InChI=1S/C16H15NO4/c1-21-16(20)12-4-6-13(7-5-12)17-15(19)10-11-2-8-14(18)9-3-11/h2-9,18H,10H2,1H3,(H,17,19).